The highest BCUT2D eigenvalue weighted by Gasteiger charge is 2.19. The summed E-state index contributed by atoms with van der Waals surface area (Å²) in [6, 6.07) is 5.27. The molecule has 0 radical (unpaired) electrons. The summed E-state index contributed by atoms with van der Waals surface area (Å²) in [5, 5.41) is 0. The third-order valence-electron chi connectivity index (χ3n) is 3.23. The Hall–Kier alpha value is -0.120. The smallest absolute Gasteiger partial charge is 0.128 e. The summed E-state index contributed by atoms with van der Waals surface area (Å²) in [6.07, 6.45) is 2.36. The van der Waals surface area contributed by atoms with Crippen LogP contribution in [-0.4, -0.2) is 23.9 Å². The maximum absolute atomic E-state index is 13.7. The fraction of sp³-hybridized carbons (Fsp3) is 0.538. The largest absolute Gasteiger partial charge is 0.299 e. The molecule has 1 aromatic rings. The van der Waals surface area contributed by atoms with Crippen molar-refractivity contribution in [2.45, 2.75) is 19.4 Å². The van der Waals surface area contributed by atoms with Crippen LogP contribution in [0.25, 0.3) is 0 Å². The van der Waals surface area contributed by atoms with Gasteiger partial charge in [0.15, 0.2) is 0 Å². The minimum atomic E-state index is -0.132. The first-order valence-electron chi connectivity index (χ1n) is 5.91. The number of nitrogens with zero attached hydrogens (tertiary/aromatic N) is 1. The van der Waals surface area contributed by atoms with Crippen LogP contribution in [0, 0.1) is 11.7 Å². The molecule has 2 rings (SSSR count). The molecule has 1 fully saturated rings. The maximum atomic E-state index is 13.7. The number of hydrogen-bond acceptors (Lipinski definition) is 1. The molecular weight excluding hydrogens is 305 g/mol. The van der Waals surface area contributed by atoms with Crippen molar-refractivity contribution in [2.75, 3.05) is 19.0 Å². The van der Waals surface area contributed by atoms with Crippen LogP contribution in [0.5, 0.6) is 0 Å². The van der Waals surface area contributed by atoms with Crippen LogP contribution in [0.1, 0.15) is 18.4 Å². The van der Waals surface area contributed by atoms with Crippen LogP contribution < -0.4 is 0 Å². The molecule has 0 N–H and O–H groups in total. The van der Waals surface area contributed by atoms with Gasteiger partial charge in [-0.05, 0) is 37.4 Å². The normalized spacial score (nSPS) is 21.7. The summed E-state index contributed by atoms with van der Waals surface area (Å²) >= 11 is 9.16. The molecule has 1 nitrogen and oxygen atoms in total. The van der Waals surface area contributed by atoms with E-state index in [9.17, 15) is 4.39 Å². The molecule has 0 aromatic heterocycles. The minimum absolute atomic E-state index is 0.132. The molecule has 0 saturated carbocycles. The molecule has 17 heavy (non-hydrogen) atoms. The lowest BCUT2D eigenvalue weighted by Crippen LogP contribution is -2.35. The molecule has 1 aliphatic rings. The van der Waals surface area contributed by atoms with E-state index in [0.717, 1.165) is 29.5 Å². The molecule has 1 saturated heterocycles. The van der Waals surface area contributed by atoms with Crippen molar-refractivity contribution in [1.82, 2.24) is 4.90 Å². The lowest BCUT2D eigenvalue weighted by Gasteiger charge is -2.31. The van der Waals surface area contributed by atoms with E-state index in [1.807, 2.05) is 12.1 Å². The first-order chi connectivity index (χ1) is 8.19. The Morgan fingerprint density at radius 3 is 3.00 bits per heavy atom. The third kappa shape index (κ3) is 3.67. The topological polar surface area (TPSA) is 3.24 Å². The maximum Gasteiger partial charge on any atom is 0.128 e. The average Bonchev–Trinajstić information content (AvgIpc) is 2.33. The molecule has 1 atom stereocenters. The summed E-state index contributed by atoms with van der Waals surface area (Å²) < 4.78 is 14.5. The van der Waals surface area contributed by atoms with Crippen molar-refractivity contribution >= 4 is 27.5 Å². The second-order valence-electron chi connectivity index (χ2n) is 4.63. The molecule has 4 heteroatoms. The Morgan fingerprint density at radius 1 is 1.47 bits per heavy atom. The monoisotopic (exact) mass is 319 g/mol. The predicted molar refractivity (Wildman–Crippen MR) is 72.8 cm³/mol. The third-order valence-corrected chi connectivity index (χ3v) is 4.16. The Morgan fingerprint density at radius 2 is 2.29 bits per heavy atom. The lowest BCUT2D eigenvalue weighted by molar-refractivity contribution is 0.176. The van der Waals surface area contributed by atoms with Gasteiger partial charge in [-0.2, -0.15) is 0 Å². The average molecular weight is 321 g/mol. The van der Waals surface area contributed by atoms with Crippen LogP contribution in [0.3, 0.4) is 0 Å². The number of benzene rings is 1. The first-order valence-corrected chi connectivity index (χ1v) is 7.24. The molecule has 0 aliphatic carbocycles. The molecule has 0 spiro atoms. The highest BCUT2D eigenvalue weighted by atomic mass is 79.9. The van der Waals surface area contributed by atoms with Crippen LogP contribution in [-0.2, 0) is 6.54 Å². The van der Waals surface area contributed by atoms with Gasteiger partial charge in [0, 0.05) is 29.0 Å². The van der Waals surface area contributed by atoms with E-state index in [1.165, 1.54) is 12.5 Å². The summed E-state index contributed by atoms with van der Waals surface area (Å²) in [5.74, 6) is 1.13. The van der Waals surface area contributed by atoms with Gasteiger partial charge in [-0.1, -0.05) is 22.0 Å². The van der Waals surface area contributed by atoms with E-state index in [0.29, 0.717) is 18.3 Å². The summed E-state index contributed by atoms with van der Waals surface area (Å²) in [4.78, 5) is 2.29. The van der Waals surface area contributed by atoms with Gasteiger partial charge in [0.1, 0.15) is 5.82 Å². The molecule has 0 amide bonds. The highest BCUT2D eigenvalue weighted by Crippen LogP contribution is 2.21. The Balaban J connectivity index is 2.00. The van der Waals surface area contributed by atoms with Gasteiger partial charge in [-0.15, -0.1) is 11.6 Å². The van der Waals surface area contributed by atoms with Gasteiger partial charge in [-0.3, -0.25) is 4.90 Å². The zero-order valence-corrected chi connectivity index (χ0v) is 12.0. The van der Waals surface area contributed by atoms with E-state index < -0.39 is 0 Å². The number of rotatable bonds is 3. The quantitative estimate of drug-likeness (QED) is 0.760. The number of alkyl halides is 1. The molecule has 94 valence electrons. The number of halogens is 3. The minimum Gasteiger partial charge on any atom is -0.299 e. The van der Waals surface area contributed by atoms with Gasteiger partial charge in [0.2, 0.25) is 0 Å². The molecule has 1 heterocycles. The van der Waals surface area contributed by atoms with E-state index in [4.69, 9.17) is 11.6 Å². The predicted octanol–water partition coefficient (Wildman–Crippen LogP) is 4.04. The molecular formula is C13H16BrClFN. The Bertz CT molecular complexity index is 386. The molecule has 1 aromatic carbocycles. The van der Waals surface area contributed by atoms with E-state index >= 15 is 0 Å². The van der Waals surface area contributed by atoms with Gasteiger partial charge >= 0.3 is 0 Å². The van der Waals surface area contributed by atoms with Crippen molar-refractivity contribution in [3.63, 3.8) is 0 Å². The van der Waals surface area contributed by atoms with Gasteiger partial charge in [0.25, 0.3) is 0 Å². The van der Waals surface area contributed by atoms with E-state index in [-0.39, 0.29) is 5.82 Å². The fourth-order valence-electron chi connectivity index (χ4n) is 2.31. The summed E-state index contributed by atoms with van der Waals surface area (Å²) in [6.45, 7) is 2.72. The summed E-state index contributed by atoms with van der Waals surface area (Å²) in [5.41, 5.74) is 0.767. The number of piperidine rings is 1. The zero-order valence-electron chi connectivity index (χ0n) is 9.63. The van der Waals surface area contributed by atoms with Gasteiger partial charge in [-0.25, -0.2) is 4.39 Å². The SMILES string of the molecule is Fc1cc(Br)ccc1CN1CCCC(CCl)C1. The highest BCUT2D eigenvalue weighted by molar-refractivity contribution is 9.10. The molecule has 1 unspecified atom stereocenters. The van der Waals surface area contributed by atoms with Crippen molar-refractivity contribution in [2.24, 2.45) is 5.92 Å². The molecule has 0 bridgehead atoms. The molecule has 1 aliphatic heterocycles. The van der Waals surface area contributed by atoms with Crippen LogP contribution in [0.2, 0.25) is 0 Å². The zero-order chi connectivity index (χ0) is 12.3. The van der Waals surface area contributed by atoms with Crippen LogP contribution in [0.4, 0.5) is 4.39 Å². The van der Waals surface area contributed by atoms with Crippen molar-refractivity contribution in [1.29, 1.82) is 0 Å². The van der Waals surface area contributed by atoms with Gasteiger partial charge in [0.05, 0.1) is 0 Å². The fourth-order valence-corrected chi connectivity index (χ4v) is 2.90. The van der Waals surface area contributed by atoms with Crippen molar-refractivity contribution in [3.8, 4) is 0 Å². The first kappa shape index (κ1) is 13.3. The van der Waals surface area contributed by atoms with Crippen LogP contribution >= 0.6 is 27.5 Å². The second-order valence-corrected chi connectivity index (χ2v) is 5.86. The van der Waals surface area contributed by atoms with Crippen molar-refractivity contribution in [3.05, 3.63) is 34.1 Å². The lowest BCUT2D eigenvalue weighted by atomic mass is 9.99. The number of hydrogen-bond donors (Lipinski definition) is 0. The number of likely N-dealkylation sites (tertiary alicyclic amines) is 1. The standard InChI is InChI=1S/C13H16BrClFN/c14-12-4-3-11(13(16)6-12)9-17-5-1-2-10(7-15)8-17/h3-4,6,10H,1-2,5,7-9H2. The Kier molecular flexibility index (Phi) is 4.83. The summed E-state index contributed by atoms with van der Waals surface area (Å²) in [7, 11) is 0. The van der Waals surface area contributed by atoms with Crippen LogP contribution in [0.15, 0.2) is 22.7 Å². The van der Waals surface area contributed by atoms with E-state index in [2.05, 4.69) is 20.8 Å². The van der Waals surface area contributed by atoms with E-state index in [1.54, 1.807) is 0 Å². The second kappa shape index (κ2) is 6.17. The van der Waals surface area contributed by atoms with Gasteiger partial charge < -0.3 is 0 Å². The Labute approximate surface area is 115 Å². The van der Waals surface area contributed by atoms with Crippen molar-refractivity contribution < 1.29 is 4.39 Å².